The summed E-state index contributed by atoms with van der Waals surface area (Å²) in [6.45, 7) is 0.235. The maximum absolute atomic E-state index is 5.86. The van der Waals surface area contributed by atoms with E-state index in [4.69, 9.17) is 20.8 Å². The molecule has 0 saturated carbocycles. The number of halogens is 1. The van der Waals surface area contributed by atoms with E-state index in [0.29, 0.717) is 16.8 Å². The summed E-state index contributed by atoms with van der Waals surface area (Å²) in [5, 5.41) is 8.66. The Morgan fingerprint density at radius 1 is 1.05 bits per heavy atom. The van der Waals surface area contributed by atoms with Gasteiger partial charge in [-0.15, -0.1) is 22.0 Å². The van der Waals surface area contributed by atoms with Gasteiger partial charge < -0.3 is 9.15 Å². The third-order valence-corrected chi connectivity index (χ3v) is 3.98. The van der Waals surface area contributed by atoms with E-state index in [1.807, 2.05) is 42.7 Å². The van der Waals surface area contributed by atoms with E-state index in [9.17, 15) is 0 Å². The summed E-state index contributed by atoms with van der Waals surface area (Å²) >= 11 is 7.54. The number of hydrogen-bond acceptors (Lipinski definition) is 5. The molecule has 0 amide bonds. The van der Waals surface area contributed by atoms with Crippen LogP contribution in [0.5, 0.6) is 5.75 Å². The first-order valence-corrected chi connectivity index (χ1v) is 8.20. The zero-order valence-electron chi connectivity index (χ0n) is 11.8. The van der Waals surface area contributed by atoms with Gasteiger partial charge in [-0.3, -0.25) is 0 Å². The number of rotatable bonds is 5. The molecule has 0 saturated heterocycles. The lowest BCUT2D eigenvalue weighted by Gasteiger charge is -2.03. The lowest BCUT2D eigenvalue weighted by molar-refractivity contribution is 0.264. The van der Waals surface area contributed by atoms with Crippen LogP contribution in [0.2, 0.25) is 5.02 Å². The van der Waals surface area contributed by atoms with Gasteiger partial charge in [0.2, 0.25) is 5.89 Å². The first kappa shape index (κ1) is 14.9. The van der Waals surface area contributed by atoms with Crippen molar-refractivity contribution in [2.45, 2.75) is 11.5 Å². The Labute approximate surface area is 137 Å². The predicted octanol–water partition coefficient (Wildman–Crippen LogP) is 4.69. The molecule has 112 valence electrons. The summed E-state index contributed by atoms with van der Waals surface area (Å²) in [4.78, 5) is 1.19. The Morgan fingerprint density at radius 2 is 1.77 bits per heavy atom. The van der Waals surface area contributed by atoms with Crippen molar-refractivity contribution in [2.75, 3.05) is 6.26 Å². The van der Waals surface area contributed by atoms with Gasteiger partial charge in [-0.05, 0) is 54.8 Å². The summed E-state index contributed by atoms with van der Waals surface area (Å²) < 4.78 is 11.2. The summed E-state index contributed by atoms with van der Waals surface area (Å²) in [5.41, 5.74) is 0.826. The number of ether oxygens (including phenoxy) is 1. The van der Waals surface area contributed by atoms with Crippen molar-refractivity contribution in [3.63, 3.8) is 0 Å². The molecular formula is C16H13ClN2O2S. The average molecular weight is 333 g/mol. The third kappa shape index (κ3) is 3.61. The monoisotopic (exact) mass is 332 g/mol. The molecule has 0 radical (unpaired) electrons. The Balaban J connectivity index is 1.65. The van der Waals surface area contributed by atoms with Crippen LogP contribution >= 0.6 is 23.4 Å². The molecule has 0 fully saturated rings. The molecule has 0 bridgehead atoms. The average Bonchev–Trinajstić information content (AvgIpc) is 3.03. The second kappa shape index (κ2) is 6.85. The molecule has 1 heterocycles. The zero-order valence-corrected chi connectivity index (χ0v) is 13.4. The maximum atomic E-state index is 5.86. The van der Waals surface area contributed by atoms with Crippen LogP contribution in [0.4, 0.5) is 0 Å². The highest BCUT2D eigenvalue weighted by atomic mass is 35.5. The lowest BCUT2D eigenvalue weighted by atomic mass is 10.2. The fourth-order valence-corrected chi connectivity index (χ4v) is 2.37. The number of hydrogen-bond donors (Lipinski definition) is 0. The van der Waals surface area contributed by atoms with Crippen LogP contribution in [0, 0.1) is 0 Å². The van der Waals surface area contributed by atoms with Crippen molar-refractivity contribution in [3.8, 4) is 17.2 Å². The molecule has 3 aromatic rings. The Morgan fingerprint density at radius 3 is 2.45 bits per heavy atom. The van der Waals surface area contributed by atoms with Crippen molar-refractivity contribution in [2.24, 2.45) is 0 Å². The highest BCUT2D eigenvalue weighted by Crippen LogP contribution is 2.22. The molecule has 3 rings (SSSR count). The van der Waals surface area contributed by atoms with Crippen molar-refractivity contribution in [1.82, 2.24) is 10.2 Å². The van der Waals surface area contributed by atoms with E-state index in [2.05, 4.69) is 10.2 Å². The molecule has 0 N–H and O–H groups in total. The Hall–Kier alpha value is -1.98. The Kier molecular flexibility index (Phi) is 4.65. The molecular weight excluding hydrogens is 320 g/mol. The van der Waals surface area contributed by atoms with Crippen LogP contribution in [0.15, 0.2) is 57.8 Å². The van der Waals surface area contributed by atoms with E-state index >= 15 is 0 Å². The van der Waals surface area contributed by atoms with Gasteiger partial charge in [-0.1, -0.05) is 11.6 Å². The van der Waals surface area contributed by atoms with Crippen molar-refractivity contribution in [1.29, 1.82) is 0 Å². The van der Waals surface area contributed by atoms with Crippen LogP contribution in [0.1, 0.15) is 5.89 Å². The SMILES string of the molecule is CSc1ccc(OCc2nnc(-c3ccc(Cl)cc3)o2)cc1. The van der Waals surface area contributed by atoms with Gasteiger partial charge in [-0.25, -0.2) is 0 Å². The van der Waals surface area contributed by atoms with Crippen molar-refractivity contribution >= 4 is 23.4 Å². The molecule has 1 aromatic heterocycles. The van der Waals surface area contributed by atoms with Crippen molar-refractivity contribution < 1.29 is 9.15 Å². The van der Waals surface area contributed by atoms with Gasteiger partial charge in [0, 0.05) is 15.5 Å². The minimum Gasteiger partial charge on any atom is -0.484 e. The molecule has 0 spiro atoms. The summed E-state index contributed by atoms with van der Waals surface area (Å²) in [6.07, 6.45) is 2.03. The fourth-order valence-electron chi connectivity index (χ4n) is 1.84. The van der Waals surface area contributed by atoms with Crippen LogP contribution in [0.3, 0.4) is 0 Å². The first-order valence-electron chi connectivity index (χ1n) is 6.60. The van der Waals surface area contributed by atoms with Crippen molar-refractivity contribution in [3.05, 3.63) is 59.4 Å². The van der Waals surface area contributed by atoms with Crippen LogP contribution in [-0.2, 0) is 6.61 Å². The van der Waals surface area contributed by atoms with Gasteiger partial charge in [0.05, 0.1) is 0 Å². The quantitative estimate of drug-likeness (QED) is 0.634. The van der Waals surface area contributed by atoms with E-state index < -0.39 is 0 Å². The summed E-state index contributed by atoms with van der Waals surface area (Å²) in [5.74, 6) is 1.65. The van der Waals surface area contributed by atoms with Gasteiger partial charge >= 0.3 is 0 Å². The summed E-state index contributed by atoms with van der Waals surface area (Å²) in [7, 11) is 0. The minimum atomic E-state index is 0.235. The standard InChI is InChI=1S/C16H13ClN2O2S/c1-22-14-8-6-13(7-9-14)20-10-15-18-19-16(21-15)11-2-4-12(17)5-3-11/h2-9H,10H2,1H3. The summed E-state index contributed by atoms with van der Waals surface area (Å²) in [6, 6.07) is 15.1. The van der Waals surface area contributed by atoms with E-state index in [-0.39, 0.29) is 6.61 Å². The highest BCUT2D eigenvalue weighted by molar-refractivity contribution is 7.98. The molecule has 0 aliphatic heterocycles. The zero-order chi connectivity index (χ0) is 15.4. The normalized spacial score (nSPS) is 10.6. The van der Waals surface area contributed by atoms with E-state index in [1.54, 1.807) is 23.9 Å². The number of benzene rings is 2. The molecule has 0 aliphatic rings. The van der Waals surface area contributed by atoms with Crippen LogP contribution < -0.4 is 4.74 Å². The molecule has 0 atom stereocenters. The van der Waals surface area contributed by atoms with Crippen LogP contribution in [0.25, 0.3) is 11.5 Å². The second-order valence-corrected chi connectivity index (χ2v) is 5.79. The van der Waals surface area contributed by atoms with Gasteiger partial charge in [0.25, 0.3) is 5.89 Å². The molecule has 22 heavy (non-hydrogen) atoms. The number of thioether (sulfide) groups is 1. The Bertz CT molecular complexity index is 742. The largest absolute Gasteiger partial charge is 0.484 e. The van der Waals surface area contributed by atoms with E-state index in [0.717, 1.165) is 11.3 Å². The smallest absolute Gasteiger partial charge is 0.254 e. The minimum absolute atomic E-state index is 0.235. The van der Waals surface area contributed by atoms with Gasteiger partial charge in [0.1, 0.15) is 5.75 Å². The second-order valence-electron chi connectivity index (χ2n) is 4.47. The molecule has 0 aliphatic carbocycles. The van der Waals surface area contributed by atoms with Gasteiger partial charge in [-0.2, -0.15) is 0 Å². The molecule has 6 heteroatoms. The highest BCUT2D eigenvalue weighted by Gasteiger charge is 2.09. The molecule has 4 nitrogen and oxygen atoms in total. The van der Waals surface area contributed by atoms with Gasteiger partial charge in [0.15, 0.2) is 6.61 Å². The fraction of sp³-hybridized carbons (Fsp3) is 0.125. The third-order valence-electron chi connectivity index (χ3n) is 2.98. The number of aromatic nitrogens is 2. The predicted molar refractivity (Wildman–Crippen MR) is 87.3 cm³/mol. The first-order chi connectivity index (χ1) is 10.7. The van der Waals surface area contributed by atoms with E-state index in [1.165, 1.54) is 4.90 Å². The van der Waals surface area contributed by atoms with Crippen LogP contribution in [-0.4, -0.2) is 16.5 Å². The lowest BCUT2D eigenvalue weighted by Crippen LogP contribution is -1.95. The maximum Gasteiger partial charge on any atom is 0.254 e. The molecule has 0 unspecified atom stereocenters. The molecule has 2 aromatic carbocycles. The topological polar surface area (TPSA) is 48.2 Å². The number of nitrogens with zero attached hydrogens (tertiary/aromatic N) is 2.